The molecular formula is C24H16F6N4. The number of hydrogen-bond donors (Lipinski definition) is 2. The second-order valence-corrected chi connectivity index (χ2v) is 7.43. The maximum atomic E-state index is 13.1. The van der Waals surface area contributed by atoms with Crippen LogP contribution in [0.5, 0.6) is 0 Å². The van der Waals surface area contributed by atoms with Gasteiger partial charge in [-0.1, -0.05) is 24.3 Å². The van der Waals surface area contributed by atoms with E-state index in [0.29, 0.717) is 33.4 Å². The molecule has 0 aliphatic rings. The summed E-state index contributed by atoms with van der Waals surface area (Å²) >= 11 is 0. The Morgan fingerprint density at radius 3 is 1.62 bits per heavy atom. The van der Waals surface area contributed by atoms with Crippen molar-refractivity contribution in [2.75, 3.05) is 11.5 Å². The number of nitrogens with zero attached hydrogens (tertiary/aromatic N) is 2. The molecule has 34 heavy (non-hydrogen) atoms. The van der Waals surface area contributed by atoms with E-state index in [9.17, 15) is 26.3 Å². The molecule has 4 nitrogen and oxygen atoms in total. The number of pyridine rings is 2. The fraction of sp³-hybridized carbons (Fsp3) is 0.0833. The van der Waals surface area contributed by atoms with E-state index < -0.39 is 23.5 Å². The van der Waals surface area contributed by atoms with E-state index in [4.69, 9.17) is 11.5 Å². The lowest BCUT2D eigenvalue weighted by atomic mass is 9.88. The monoisotopic (exact) mass is 474 g/mol. The van der Waals surface area contributed by atoms with Gasteiger partial charge in [-0.25, -0.2) is 9.97 Å². The smallest absolute Gasteiger partial charge is 0.384 e. The predicted octanol–water partition coefficient (Wildman–Crippen LogP) is 6.68. The van der Waals surface area contributed by atoms with Gasteiger partial charge in [0.1, 0.15) is 11.6 Å². The summed E-state index contributed by atoms with van der Waals surface area (Å²) in [5.41, 5.74) is 12.8. The number of aromatic nitrogens is 2. The van der Waals surface area contributed by atoms with E-state index in [2.05, 4.69) is 9.97 Å². The molecule has 4 rings (SSSR count). The molecule has 0 amide bonds. The van der Waals surface area contributed by atoms with E-state index in [1.807, 2.05) is 0 Å². The molecule has 0 aliphatic carbocycles. The Morgan fingerprint density at radius 2 is 1.12 bits per heavy atom. The number of halogens is 6. The van der Waals surface area contributed by atoms with Crippen LogP contribution in [-0.4, -0.2) is 9.97 Å². The van der Waals surface area contributed by atoms with Gasteiger partial charge < -0.3 is 11.5 Å². The van der Waals surface area contributed by atoms with Crippen LogP contribution in [0.25, 0.3) is 33.4 Å². The minimum absolute atomic E-state index is 0.0285. The summed E-state index contributed by atoms with van der Waals surface area (Å²) in [4.78, 5) is 8.12. The highest BCUT2D eigenvalue weighted by molar-refractivity contribution is 5.98. The van der Waals surface area contributed by atoms with E-state index in [0.717, 1.165) is 24.3 Å². The molecule has 2 aromatic carbocycles. The molecular weight excluding hydrogens is 458 g/mol. The third-order valence-electron chi connectivity index (χ3n) is 5.20. The van der Waals surface area contributed by atoms with Gasteiger partial charge in [-0.15, -0.1) is 0 Å². The first kappa shape index (κ1) is 23.1. The summed E-state index contributed by atoms with van der Waals surface area (Å²) < 4.78 is 78.3. The average Bonchev–Trinajstić information content (AvgIpc) is 2.78. The van der Waals surface area contributed by atoms with Crippen LogP contribution in [0.1, 0.15) is 11.1 Å². The van der Waals surface area contributed by atoms with Crippen LogP contribution in [-0.2, 0) is 12.4 Å². The number of hydrogen-bond acceptors (Lipinski definition) is 4. The third kappa shape index (κ3) is 4.52. The molecule has 2 heterocycles. The summed E-state index contributed by atoms with van der Waals surface area (Å²) in [5, 5.41) is 0. The zero-order chi connectivity index (χ0) is 24.7. The Morgan fingerprint density at radius 1 is 0.588 bits per heavy atom. The van der Waals surface area contributed by atoms with Gasteiger partial charge in [-0.3, -0.25) is 0 Å². The lowest BCUT2D eigenvalue weighted by molar-refractivity contribution is -0.138. The van der Waals surface area contributed by atoms with Crippen LogP contribution < -0.4 is 11.5 Å². The van der Waals surface area contributed by atoms with Crippen molar-refractivity contribution in [1.82, 2.24) is 9.97 Å². The van der Waals surface area contributed by atoms with Gasteiger partial charge in [-0.05, 0) is 53.1 Å². The number of nitrogens with two attached hydrogens (primary N) is 2. The molecule has 2 aromatic heterocycles. The average molecular weight is 474 g/mol. The first-order valence-corrected chi connectivity index (χ1v) is 9.81. The van der Waals surface area contributed by atoms with E-state index in [1.165, 1.54) is 42.7 Å². The number of benzene rings is 2. The highest BCUT2D eigenvalue weighted by atomic mass is 19.4. The maximum Gasteiger partial charge on any atom is 0.416 e. The van der Waals surface area contributed by atoms with E-state index >= 15 is 0 Å². The number of nitrogen functional groups attached to an aromatic ring is 2. The molecule has 0 atom stereocenters. The number of anilines is 2. The molecule has 4 N–H and O–H groups in total. The Bertz CT molecular complexity index is 1330. The molecule has 0 unspecified atom stereocenters. The minimum Gasteiger partial charge on any atom is -0.384 e. The zero-order valence-electron chi connectivity index (χ0n) is 17.2. The summed E-state index contributed by atoms with van der Waals surface area (Å²) in [6.45, 7) is 0. The zero-order valence-corrected chi connectivity index (χ0v) is 17.2. The normalized spacial score (nSPS) is 12.1. The van der Waals surface area contributed by atoms with Gasteiger partial charge in [0.25, 0.3) is 0 Å². The van der Waals surface area contributed by atoms with Crippen LogP contribution in [0.3, 0.4) is 0 Å². The van der Waals surface area contributed by atoms with Crippen molar-refractivity contribution in [2.24, 2.45) is 0 Å². The fourth-order valence-electron chi connectivity index (χ4n) is 3.61. The summed E-state index contributed by atoms with van der Waals surface area (Å²) in [7, 11) is 0. The summed E-state index contributed by atoms with van der Waals surface area (Å²) in [5.74, 6) is 0.199. The molecule has 0 aliphatic heterocycles. The third-order valence-corrected chi connectivity index (χ3v) is 5.20. The fourth-order valence-corrected chi connectivity index (χ4v) is 3.61. The standard InChI is InChI=1S/C24H16F6N4/c25-23(26,27)16-5-1-13(2-6-16)18-12-34-22(32)21(20(18)15-9-10-33-19(31)11-15)14-3-7-17(8-4-14)24(28,29)30/h1-12H,(H2,31,33)(H2,32,34). The SMILES string of the molecule is Nc1cc(-c2c(-c3ccc(C(F)(F)F)cc3)cnc(N)c2-c2ccc(C(F)(F)F)cc2)ccn1. The number of alkyl halides is 6. The first-order chi connectivity index (χ1) is 15.9. The Kier molecular flexibility index (Phi) is 5.68. The Balaban J connectivity index is 1.97. The van der Waals surface area contributed by atoms with Gasteiger partial charge in [0, 0.05) is 29.1 Å². The van der Waals surface area contributed by atoms with Gasteiger partial charge in [0.15, 0.2) is 0 Å². The van der Waals surface area contributed by atoms with Crippen molar-refractivity contribution in [3.05, 3.63) is 84.2 Å². The maximum absolute atomic E-state index is 13.1. The highest BCUT2D eigenvalue weighted by Gasteiger charge is 2.31. The van der Waals surface area contributed by atoms with Crippen LogP contribution >= 0.6 is 0 Å². The van der Waals surface area contributed by atoms with Crippen LogP contribution in [0, 0.1) is 0 Å². The highest BCUT2D eigenvalue weighted by Crippen LogP contribution is 2.43. The van der Waals surface area contributed by atoms with Gasteiger partial charge in [0.2, 0.25) is 0 Å². The van der Waals surface area contributed by atoms with Crippen LogP contribution in [0.4, 0.5) is 38.0 Å². The van der Waals surface area contributed by atoms with E-state index in [1.54, 1.807) is 6.07 Å². The second-order valence-electron chi connectivity index (χ2n) is 7.43. The lowest BCUT2D eigenvalue weighted by Crippen LogP contribution is -2.05. The van der Waals surface area contributed by atoms with Crippen molar-refractivity contribution >= 4 is 11.6 Å². The molecule has 0 fully saturated rings. The van der Waals surface area contributed by atoms with Gasteiger partial charge in [-0.2, -0.15) is 26.3 Å². The summed E-state index contributed by atoms with van der Waals surface area (Å²) in [6, 6.07) is 12.0. The molecule has 10 heteroatoms. The van der Waals surface area contributed by atoms with Crippen LogP contribution in [0.15, 0.2) is 73.1 Å². The predicted molar refractivity (Wildman–Crippen MR) is 117 cm³/mol. The van der Waals surface area contributed by atoms with Crippen molar-refractivity contribution in [2.45, 2.75) is 12.4 Å². The van der Waals surface area contributed by atoms with Gasteiger partial charge in [0.05, 0.1) is 11.1 Å². The molecule has 0 bridgehead atoms. The minimum atomic E-state index is -4.52. The van der Waals surface area contributed by atoms with Crippen molar-refractivity contribution in [1.29, 1.82) is 0 Å². The second kappa shape index (κ2) is 8.36. The van der Waals surface area contributed by atoms with Crippen molar-refractivity contribution in [3.8, 4) is 33.4 Å². The molecule has 0 saturated heterocycles. The quantitative estimate of drug-likeness (QED) is 0.325. The van der Waals surface area contributed by atoms with Crippen LogP contribution in [0.2, 0.25) is 0 Å². The largest absolute Gasteiger partial charge is 0.416 e. The Labute approximate surface area is 189 Å². The molecule has 0 saturated carbocycles. The lowest BCUT2D eigenvalue weighted by Gasteiger charge is -2.18. The molecule has 0 radical (unpaired) electrons. The van der Waals surface area contributed by atoms with Crippen molar-refractivity contribution < 1.29 is 26.3 Å². The number of rotatable bonds is 3. The summed E-state index contributed by atoms with van der Waals surface area (Å²) in [6.07, 6.45) is -6.19. The topological polar surface area (TPSA) is 77.8 Å². The molecule has 0 spiro atoms. The van der Waals surface area contributed by atoms with E-state index in [-0.39, 0.29) is 11.6 Å². The van der Waals surface area contributed by atoms with Gasteiger partial charge >= 0.3 is 12.4 Å². The van der Waals surface area contributed by atoms with Crippen molar-refractivity contribution in [3.63, 3.8) is 0 Å². The molecule has 4 aromatic rings. The Hall–Kier alpha value is -4.08. The molecule has 174 valence electrons. The first-order valence-electron chi connectivity index (χ1n) is 9.81.